The molecule has 0 aliphatic carbocycles. The molecule has 2 heterocycles. The molecule has 60 valence electrons. The van der Waals surface area contributed by atoms with Crippen molar-refractivity contribution in [2.24, 2.45) is 0 Å². The number of hydrogen-bond acceptors (Lipinski definition) is 2. The molecular formula is C8H10BrNS. The van der Waals surface area contributed by atoms with E-state index >= 15 is 0 Å². The maximum absolute atomic E-state index is 3.48. The minimum atomic E-state index is 0.631. The van der Waals surface area contributed by atoms with Crippen molar-refractivity contribution in [2.45, 2.75) is 18.9 Å². The highest BCUT2D eigenvalue weighted by molar-refractivity contribution is 9.11. The van der Waals surface area contributed by atoms with Crippen molar-refractivity contribution in [2.75, 3.05) is 6.54 Å². The van der Waals surface area contributed by atoms with Crippen molar-refractivity contribution in [1.82, 2.24) is 5.32 Å². The Hall–Kier alpha value is 0.140. The second kappa shape index (κ2) is 3.25. The van der Waals surface area contributed by atoms with Gasteiger partial charge in [0.15, 0.2) is 0 Å². The Kier molecular flexibility index (Phi) is 2.30. The number of rotatable bonds is 1. The van der Waals surface area contributed by atoms with Crippen LogP contribution < -0.4 is 5.32 Å². The van der Waals surface area contributed by atoms with Crippen LogP contribution in [-0.4, -0.2) is 6.54 Å². The van der Waals surface area contributed by atoms with Gasteiger partial charge in [0.25, 0.3) is 0 Å². The summed E-state index contributed by atoms with van der Waals surface area (Å²) >= 11 is 5.31. The highest BCUT2D eigenvalue weighted by Gasteiger charge is 2.16. The molecule has 1 aromatic rings. The average Bonchev–Trinajstić information content (AvgIpc) is 2.55. The van der Waals surface area contributed by atoms with Crippen LogP contribution in [0.3, 0.4) is 0 Å². The Morgan fingerprint density at radius 3 is 3.00 bits per heavy atom. The highest BCUT2D eigenvalue weighted by atomic mass is 79.9. The summed E-state index contributed by atoms with van der Waals surface area (Å²) in [5.74, 6) is 0. The SMILES string of the molecule is Brc1ccc([C@@H]2CCCN2)s1. The summed E-state index contributed by atoms with van der Waals surface area (Å²) < 4.78 is 1.24. The van der Waals surface area contributed by atoms with E-state index < -0.39 is 0 Å². The molecule has 1 fully saturated rings. The van der Waals surface area contributed by atoms with E-state index in [1.54, 1.807) is 0 Å². The van der Waals surface area contributed by atoms with Gasteiger partial charge in [0.1, 0.15) is 0 Å². The Morgan fingerprint density at radius 2 is 2.45 bits per heavy atom. The van der Waals surface area contributed by atoms with Gasteiger partial charge in [-0.25, -0.2) is 0 Å². The zero-order valence-corrected chi connectivity index (χ0v) is 8.54. The number of hydrogen-bond donors (Lipinski definition) is 1. The molecule has 1 aliphatic rings. The first kappa shape index (κ1) is 7.77. The summed E-state index contributed by atoms with van der Waals surface area (Å²) in [6.07, 6.45) is 2.62. The van der Waals surface area contributed by atoms with Crippen molar-refractivity contribution in [3.8, 4) is 0 Å². The lowest BCUT2D eigenvalue weighted by atomic mass is 10.2. The van der Waals surface area contributed by atoms with E-state index in [1.165, 1.54) is 28.0 Å². The summed E-state index contributed by atoms with van der Waals surface area (Å²) in [7, 11) is 0. The Labute approximate surface area is 78.9 Å². The standard InChI is InChI=1S/C8H10BrNS/c9-8-4-3-7(11-8)6-2-1-5-10-6/h3-4,6,10H,1-2,5H2/t6-/m0/s1. The number of nitrogens with one attached hydrogen (secondary N) is 1. The van der Waals surface area contributed by atoms with E-state index in [9.17, 15) is 0 Å². The molecule has 0 radical (unpaired) electrons. The maximum atomic E-state index is 3.48. The normalized spacial score (nSPS) is 24.3. The van der Waals surface area contributed by atoms with Gasteiger partial charge in [0.05, 0.1) is 3.79 Å². The van der Waals surface area contributed by atoms with Gasteiger partial charge in [0, 0.05) is 10.9 Å². The van der Waals surface area contributed by atoms with E-state index in [2.05, 4.69) is 33.4 Å². The Bertz CT molecular complexity index is 240. The van der Waals surface area contributed by atoms with Crippen LogP contribution in [0.1, 0.15) is 23.8 Å². The van der Waals surface area contributed by atoms with Crippen molar-refractivity contribution >= 4 is 27.3 Å². The van der Waals surface area contributed by atoms with E-state index in [0.717, 1.165) is 0 Å². The van der Waals surface area contributed by atoms with Crippen LogP contribution in [0.5, 0.6) is 0 Å². The van der Waals surface area contributed by atoms with Crippen LogP contribution in [0.4, 0.5) is 0 Å². The van der Waals surface area contributed by atoms with Gasteiger partial charge in [-0.15, -0.1) is 11.3 Å². The predicted molar refractivity (Wildman–Crippen MR) is 52.0 cm³/mol. The number of halogens is 1. The lowest BCUT2D eigenvalue weighted by molar-refractivity contribution is 0.660. The van der Waals surface area contributed by atoms with E-state index in [4.69, 9.17) is 0 Å². The molecule has 1 atom stereocenters. The first-order valence-electron chi connectivity index (χ1n) is 3.85. The zero-order chi connectivity index (χ0) is 7.68. The van der Waals surface area contributed by atoms with Crippen molar-refractivity contribution in [1.29, 1.82) is 0 Å². The third-order valence-electron chi connectivity index (χ3n) is 2.00. The summed E-state index contributed by atoms with van der Waals surface area (Å²) in [6.45, 7) is 1.18. The third-order valence-corrected chi connectivity index (χ3v) is 3.74. The van der Waals surface area contributed by atoms with Gasteiger partial charge in [-0.1, -0.05) is 0 Å². The molecule has 1 N–H and O–H groups in total. The van der Waals surface area contributed by atoms with Gasteiger partial charge in [-0.2, -0.15) is 0 Å². The van der Waals surface area contributed by atoms with E-state index in [0.29, 0.717) is 6.04 Å². The van der Waals surface area contributed by atoms with Gasteiger partial charge in [-0.3, -0.25) is 0 Å². The minimum Gasteiger partial charge on any atom is -0.309 e. The first-order chi connectivity index (χ1) is 5.36. The largest absolute Gasteiger partial charge is 0.309 e. The van der Waals surface area contributed by atoms with Crippen molar-refractivity contribution in [3.05, 3.63) is 20.8 Å². The van der Waals surface area contributed by atoms with Crippen LogP contribution in [0.25, 0.3) is 0 Å². The quantitative estimate of drug-likeness (QED) is 0.784. The second-order valence-electron chi connectivity index (χ2n) is 2.79. The van der Waals surface area contributed by atoms with Crippen LogP contribution in [0.15, 0.2) is 15.9 Å². The van der Waals surface area contributed by atoms with Crippen molar-refractivity contribution < 1.29 is 0 Å². The fraction of sp³-hybridized carbons (Fsp3) is 0.500. The first-order valence-corrected chi connectivity index (χ1v) is 5.46. The molecule has 0 saturated carbocycles. The summed E-state index contributed by atoms with van der Waals surface area (Å²) in [6, 6.07) is 4.96. The average molecular weight is 232 g/mol. The smallest absolute Gasteiger partial charge is 0.0701 e. The number of thiophene rings is 1. The van der Waals surface area contributed by atoms with Gasteiger partial charge in [-0.05, 0) is 47.4 Å². The molecule has 2 rings (SSSR count). The molecule has 0 amide bonds. The van der Waals surface area contributed by atoms with E-state index in [-0.39, 0.29) is 0 Å². The topological polar surface area (TPSA) is 12.0 Å². The predicted octanol–water partition coefficient (Wildman–Crippen LogP) is 2.94. The molecule has 0 aromatic carbocycles. The summed E-state index contributed by atoms with van der Waals surface area (Å²) in [5, 5.41) is 3.48. The summed E-state index contributed by atoms with van der Waals surface area (Å²) in [5.41, 5.74) is 0. The molecule has 3 heteroatoms. The Morgan fingerprint density at radius 1 is 1.55 bits per heavy atom. The third kappa shape index (κ3) is 1.66. The second-order valence-corrected chi connectivity index (χ2v) is 5.29. The minimum absolute atomic E-state index is 0.631. The molecular weight excluding hydrogens is 222 g/mol. The molecule has 11 heavy (non-hydrogen) atoms. The van der Waals surface area contributed by atoms with Gasteiger partial charge >= 0.3 is 0 Å². The zero-order valence-electron chi connectivity index (χ0n) is 6.14. The highest BCUT2D eigenvalue weighted by Crippen LogP contribution is 2.31. The molecule has 1 aliphatic heterocycles. The molecule has 0 spiro atoms. The van der Waals surface area contributed by atoms with Gasteiger partial charge < -0.3 is 5.32 Å². The van der Waals surface area contributed by atoms with Crippen LogP contribution >= 0.6 is 27.3 Å². The fourth-order valence-electron chi connectivity index (χ4n) is 1.44. The Balaban J connectivity index is 2.15. The van der Waals surface area contributed by atoms with E-state index in [1.807, 2.05) is 11.3 Å². The van der Waals surface area contributed by atoms with Crippen LogP contribution in [0.2, 0.25) is 0 Å². The molecule has 0 bridgehead atoms. The summed E-state index contributed by atoms with van der Waals surface area (Å²) in [4.78, 5) is 1.47. The lowest BCUT2D eigenvalue weighted by Gasteiger charge is -2.05. The molecule has 1 nitrogen and oxygen atoms in total. The maximum Gasteiger partial charge on any atom is 0.0701 e. The van der Waals surface area contributed by atoms with Crippen LogP contribution in [0, 0.1) is 0 Å². The fourth-order valence-corrected chi connectivity index (χ4v) is 2.98. The lowest BCUT2D eigenvalue weighted by Crippen LogP contribution is -2.11. The van der Waals surface area contributed by atoms with Crippen LogP contribution in [-0.2, 0) is 0 Å². The van der Waals surface area contributed by atoms with Crippen molar-refractivity contribution in [3.63, 3.8) is 0 Å². The molecule has 1 saturated heterocycles. The molecule has 1 aromatic heterocycles. The monoisotopic (exact) mass is 231 g/mol. The van der Waals surface area contributed by atoms with Gasteiger partial charge in [0.2, 0.25) is 0 Å². The molecule has 0 unspecified atom stereocenters.